The van der Waals surface area contributed by atoms with Crippen LogP contribution in [0, 0.1) is 16.7 Å². The largest absolute Gasteiger partial charge is 0.383 e. The first-order chi connectivity index (χ1) is 7.72. The minimum absolute atomic E-state index is 0.438. The SMILES string of the molecule is CC1(CNc2ccc(C#N)nc2)CCCC1. The van der Waals surface area contributed by atoms with Crippen molar-refractivity contribution in [3.63, 3.8) is 0 Å². The molecule has 3 heteroatoms. The van der Waals surface area contributed by atoms with Gasteiger partial charge in [0.05, 0.1) is 11.9 Å². The Labute approximate surface area is 96.5 Å². The average Bonchev–Trinajstić information content (AvgIpc) is 2.75. The van der Waals surface area contributed by atoms with Crippen LogP contribution in [-0.2, 0) is 0 Å². The Bertz CT molecular complexity index is 383. The minimum atomic E-state index is 0.438. The maximum Gasteiger partial charge on any atom is 0.140 e. The van der Waals surface area contributed by atoms with Crippen molar-refractivity contribution in [3.05, 3.63) is 24.0 Å². The number of nitrogens with zero attached hydrogens (tertiary/aromatic N) is 2. The van der Waals surface area contributed by atoms with Crippen LogP contribution in [0.15, 0.2) is 18.3 Å². The molecule has 1 saturated carbocycles. The van der Waals surface area contributed by atoms with Crippen LogP contribution in [0.3, 0.4) is 0 Å². The lowest BCUT2D eigenvalue weighted by Crippen LogP contribution is -2.22. The Morgan fingerprint density at radius 3 is 2.75 bits per heavy atom. The summed E-state index contributed by atoms with van der Waals surface area (Å²) in [7, 11) is 0. The van der Waals surface area contributed by atoms with E-state index >= 15 is 0 Å². The second kappa shape index (κ2) is 4.52. The van der Waals surface area contributed by atoms with E-state index in [0.29, 0.717) is 11.1 Å². The second-order valence-corrected chi connectivity index (χ2v) is 4.92. The first kappa shape index (κ1) is 10.9. The summed E-state index contributed by atoms with van der Waals surface area (Å²) in [5, 5.41) is 12.0. The molecule has 1 aromatic heterocycles. The standard InChI is InChI=1S/C13H17N3/c1-13(6-2-3-7-13)10-16-12-5-4-11(8-14)15-9-12/h4-5,9,16H,2-3,6-7,10H2,1H3. The number of nitrogens with one attached hydrogen (secondary N) is 1. The third kappa shape index (κ3) is 2.52. The van der Waals surface area contributed by atoms with Gasteiger partial charge >= 0.3 is 0 Å². The van der Waals surface area contributed by atoms with E-state index in [9.17, 15) is 0 Å². The van der Waals surface area contributed by atoms with E-state index in [-0.39, 0.29) is 0 Å². The number of hydrogen-bond donors (Lipinski definition) is 1. The third-order valence-corrected chi connectivity index (χ3v) is 3.41. The number of anilines is 1. The monoisotopic (exact) mass is 215 g/mol. The second-order valence-electron chi connectivity index (χ2n) is 4.92. The molecule has 1 aliphatic carbocycles. The maximum absolute atomic E-state index is 8.64. The lowest BCUT2D eigenvalue weighted by molar-refractivity contribution is 0.362. The Morgan fingerprint density at radius 2 is 2.19 bits per heavy atom. The minimum Gasteiger partial charge on any atom is -0.383 e. The van der Waals surface area contributed by atoms with E-state index in [1.165, 1.54) is 25.7 Å². The van der Waals surface area contributed by atoms with E-state index in [0.717, 1.165) is 12.2 Å². The van der Waals surface area contributed by atoms with Crippen LogP contribution < -0.4 is 5.32 Å². The van der Waals surface area contributed by atoms with E-state index < -0.39 is 0 Å². The van der Waals surface area contributed by atoms with Crippen molar-refractivity contribution in [1.82, 2.24) is 4.98 Å². The topological polar surface area (TPSA) is 48.7 Å². The zero-order chi connectivity index (χ0) is 11.4. The summed E-state index contributed by atoms with van der Waals surface area (Å²) in [6.45, 7) is 3.34. The molecule has 0 atom stereocenters. The van der Waals surface area contributed by atoms with Gasteiger partial charge in [-0.05, 0) is 30.4 Å². The van der Waals surface area contributed by atoms with Crippen molar-refractivity contribution < 1.29 is 0 Å². The van der Waals surface area contributed by atoms with Gasteiger partial charge in [0, 0.05) is 6.54 Å². The highest BCUT2D eigenvalue weighted by atomic mass is 14.9. The van der Waals surface area contributed by atoms with E-state index in [1.54, 1.807) is 12.3 Å². The first-order valence-corrected chi connectivity index (χ1v) is 5.82. The predicted octanol–water partition coefficient (Wildman–Crippen LogP) is 2.95. The summed E-state index contributed by atoms with van der Waals surface area (Å²) in [4.78, 5) is 4.04. The fourth-order valence-corrected chi connectivity index (χ4v) is 2.29. The summed E-state index contributed by atoms with van der Waals surface area (Å²) in [6.07, 6.45) is 7.05. The van der Waals surface area contributed by atoms with Crippen molar-refractivity contribution in [1.29, 1.82) is 5.26 Å². The van der Waals surface area contributed by atoms with Gasteiger partial charge in [0.25, 0.3) is 0 Å². The molecule has 16 heavy (non-hydrogen) atoms. The van der Waals surface area contributed by atoms with Gasteiger partial charge in [0.15, 0.2) is 0 Å². The molecule has 0 spiro atoms. The van der Waals surface area contributed by atoms with Crippen LogP contribution >= 0.6 is 0 Å². The fraction of sp³-hybridized carbons (Fsp3) is 0.538. The highest BCUT2D eigenvalue weighted by Crippen LogP contribution is 2.37. The van der Waals surface area contributed by atoms with Crippen LogP contribution in [0.5, 0.6) is 0 Å². The highest BCUT2D eigenvalue weighted by molar-refractivity contribution is 5.42. The molecule has 0 radical (unpaired) electrons. The van der Waals surface area contributed by atoms with Crippen LogP contribution in [-0.4, -0.2) is 11.5 Å². The van der Waals surface area contributed by atoms with Gasteiger partial charge in [0.2, 0.25) is 0 Å². The molecule has 1 N–H and O–H groups in total. The molecule has 1 fully saturated rings. The van der Waals surface area contributed by atoms with Gasteiger partial charge in [0.1, 0.15) is 11.8 Å². The van der Waals surface area contributed by atoms with Crippen molar-refractivity contribution in [3.8, 4) is 6.07 Å². The molecule has 1 aliphatic rings. The molecule has 0 aromatic carbocycles. The summed E-state index contributed by atoms with van der Waals surface area (Å²) >= 11 is 0. The zero-order valence-electron chi connectivity index (χ0n) is 9.66. The predicted molar refractivity (Wildman–Crippen MR) is 64.0 cm³/mol. The van der Waals surface area contributed by atoms with Gasteiger partial charge in [-0.15, -0.1) is 0 Å². The first-order valence-electron chi connectivity index (χ1n) is 5.82. The Hall–Kier alpha value is -1.56. The molecule has 2 rings (SSSR count). The normalized spacial score (nSPS) is 18.0. The van der Waals surface area contributed by atoms with Crippen LogP contribution in [0.4, 0.5) is 5.69 Å². The molecule has 1 heterocycles. The zero-order valence-corrected chi connectivity index (χ0v) is 9.66. The summed E-state index contributed by atoms with van der Waals surface area (Å²) in [6, 6.07) is 5.69. The molecule has 3 nitrogen and oxygen atoms in total. The van der Waals surface area contributed by atoms with Gasteiger partial charge < -0.3 is 5.32 Å². The molecular formula is C13H17N3. The molecule has 1 aromatic rings. The van der Waals surface area contributed by atoms with Crippen LogP contribution in [0.1, 0.15) is 38.3 Å². The Morgan fingerprint density at radius 1 is 1.44 bits per heavy atom. The number of aromatic nitrogens is 1. The molecule has 0 amide bonds. The Kier molecular flexibility index (Phi) is 3.09. The fourth-order valence-electron chi connectivity index (χ4n) is 2.29. The quantitative estimate of drug-likeness (QED) is 0.843. The highest BCUT2D eigenvalue weighted by Gasteiger charge is 2.28. The number of hydrogen-bond acceptors (Lipinski definition) is 3. The maximum atomic E-state index is 8.64. The third-order valence-electron chi connectivity index (χ3n) is 3.41. The molecular weight excluding hydrogens is 198 g/mol. The van der Waals surface area contributed by atoms with Crippen molar-refractivity contribution in [2.75, 3.05) is 11.9 Å². The van der Waals surface area contributed by atoms with E-state index in [2.05, 4.69) is 17.2 Å². The molecule has 84 valence electrons. The van der Waals surface area contributed by atoms with Crippen LogP contribution in [0.2, 0.25) is 0 Å². The summed E-state index contributed by atoms with van der Waals surface area (Å²) in [5.74, 6) is 0. The Balaban J connectivity index is 1.92. The molecule has 0 aliphatic heterocycles. The molecule has 0 saturated heterocycles. The van der Waals surface area contributed by atoms with Crippen molar-refractivity contribution >= 4 is 5.69 Å². The van der Waals surface area contributed by atoms with Crippen molar-refractivity contribution in [2.45, 2.75) is 32.6 Å². The van der Waals surface area contributed by atoms with Gasteiger partial charge in [-0.2, -0.15) is 5.26 Å². The lowest BCUT2D eigenvalue weighted by Gasteiger charge is -2.24. The summed E-state index contributed by atoms with van der Waals surface area (Å²) in [5.41, 5.74) is 1.92. The van der Waals surface area contributed by atoms with Gasteiger partial charge in [-0.25, -0.2) is 4.98 Å². The molecule has 0 bridgehead atoms. The number of pyridine rings is 1. The smallest absolute Gasteiger partial charge is 0.140 e. The number of nitriles is 1. The van der Waals surface area contributed by atoms with Gasteiger partial charge in [-0.1, -0.05) is 19.8 Å². The number of rotatable bonds is 3. The summed E-state index contributed by atoms with van der Waals surface area (Å²) < 4.78 is 0. The van der Waals surface area contributed by atoms with Crippen molar-refractivity contribution in [2.24, 2.45) is 5.41 Å². The van der Waals surface area contributed by atoms with E-state index in [4.69, 9.17) is 5.26 Å². The van der Waals surface area contributed by atoms with E-state index in [1.807, 2.05) is 12.1 Å². The molecule has 0 unspecified atom stereocenters. The van der Waals surface area contributed by atoms with Gasteiger partial charge in [-0.3, -0.25) is 0 Å². The average molecular weight is 215 g/mol. The lowest BCUT2D eigenvalue weighted by atomic mass is 9.89. The van der Waals surface area contributed by atoms with Crippen LogP contribution in [0.25, 0.3) is 0 Å².